The SMILES string of the molecule is COC(=O)[C@H]1C(=O)N[C@@]2(C)C[C@H]1c1cc(Cl)ccc1O2. The molecule has 3 atom stereocenters. The second kappa shape index (κ2) is 4.38. The number of nitrogens with one attached hydrogen (secondary N) is 1. The lowest BCUT2D eigenvalue weighted by atomic mass is 9.75. The first-order valence-electron chi connectivity index (χ1n) is 6.32. The first-order chi connectivity index (χ1) is 9.43. The molecule has 0 unspecified atom stereocenters. The molecule has 0 spiro atoms. The van der Waals surface area contributed by atoms with Gasteiger partial charge < -0.3 is 14.8 Å². The molecule has 0 radical (unpaired) electrons. The molecule has 20 heavy (non-hydrogen) atoms. The van der Waals surface area contributed by atoms with Gasteiger partial charge >= 0.3 is 5.97 Å². The molecular formula is C14H14ClNO4. The Labute approximate surface area is 121 Å². The van der Waals surface area contributed by atoms with Crippen LogP contribution in [0.5, 0.6) is 5.75 Å². The van der Waals surface area contributed by atoms with Crippen LogP contribution >= 0.6 is 11.6 Å². The quantitative estimate of drug-likeness (QED) is 0.634. The third-order valence-corrected chi connectivity index (χ3v) is 4.08. The number of hydrogen-bond acceptors (Lipinski definition) is 4. The minimum atomic E-state index is -0.866. The van der Waals surface area contributed by atoms with E-state index in [1.54, 1.807) is 25.1 Å². The van der Waals surface area contributed by atoms with Crippen molar-refractivity contribution in [2.75, 3.05) is 7.11 Å². The van der Waals surface area contributed by atoms with E-state index in [-0.39, 0.29) is 11.8 Å². The molecular weight excluding hydrogens is 282 g/mol. The van der Waals surface area contributed by atoms with E-state index in [1.807, 2.05) is 0 Å². The molecule has 0 aromatic heterocycles. The molecule has 6 heteroatoms. The van der Waals surface area contributed by atoms with Gasteiger partial charge in [-0.3, -0.25) is 9.59 Å². The van der Waals surface area contributed by atoms with E-state index >= 15 is 0 Å². The van der Waals surface area contributed by atoms with Crippen LogP contribution in [0.3, 0.4) is 0 Å². The molecule has 2 bridgehead atoms. The molecule has 3 rings (SSSR count). The summed E-state index contributed by atoms with van der Waals surface area (Å²) in [5.74, 6) is -1.43. The highest BCUT2D eigenvalue weighted by atomic mass is 35.5. The second-order valence-corrected chi connectivity index (χ2v) is 5.75. The topological polar surface area (TPSA) is 64.6 Å². The van der Waals surface area contributed by atoms with Crippen LogP contribution in [0.15, 0.2) is 18.2 Å². The Bertz CT molecular complexity index is 603. The minimum absolute atomic E-state index is 0.288. The number of rotatable bonds is 1. The molecule has 1 fully saturated rings. The molecule has 0 saturated carbocycles. The van der Waals surface area contributed by atoms with Crippen LogP contribution in [-0.4, -0.2) is 24.7 Å². The highest BCUT2D eigenvalue weighted by Gasteiger charge is 2.52. The van der Waals surface area contributed by atoms with Gasteiger partial charge in [-0.25, -0.2) is 0 Å². The first-order valence-corrected chi connectivity index (χ1v) is 6.70. The Morgan fingerprint density at radius 3 is 3.00 bits per heavy atom. The van der Waals surface area contributed by atoms with Crippen molar-refractivity contribution in [1.82, 2.24) is 5.32 Å². The number of carbonyl (C=O) groups is 2. The maximum absolute atomic E-state index is 12.2. The lowest BCUT2D eigenvalue weighted by Crippen LogP contribution is -2.62. The zero-order valence-corrected chi connectivity index (χ0v) is 11.9. The summed E-state index contributed by atoms with van der Waals surface area (Å²) in [5, 5.41) is 3.30. The number of piperidine rings is 1. The van der Waals surface area contributed by atoms with E-state index in [0.717, 1.165) is 5.56 Å². The van der Waals surface area contributed by atoms with Gasteiger partial charge in [0, 0.05) is 22.9 Å². The fourth-order valence-corrected chi connectivity index (χ4v) is 3.19. The van der Waals surface area contributed by atoms with Crippen LogP contribution in [-0.2, 0) is 14.3 Å². The smallest absolute Gasteiger partial charge is 0.318 e. The van der Waals surface area contributed by atoms with E-state index in [9.17, 15) is 9.59 Å². The van der Waals surface area contributed by atoms with Crippen LogP contribution in [0.1, 0.15) is 24.8 Å². The van der Waals surface area contributed by atoms with Gasteiger partial charge in [-0.2, -0.15) is 0 Å². The molecule has 106 valence electrons. The fourth-order valence-electron chi connectivity index (χ4n) is 3.01. The lowest BCUT2D eigenvalue weighted by molar-refractivity contribution is -0.158. The highest BCUT2D eigenvalue weighted by molar-refractivity contribution is 6.30. The monoisotopic (exact) mass is 295 g/mol. The Morgan fingerprint density at radius 1 is 1.55 bits per heavy atom. The predicted octanol–water partition coefficient (Wildman–Crippen LogP) is 1.84. The van der Waals surface area contributed by atoms with Gasteiger partial charge in [0.05, 0.1) is 7.11 Å². The standard InChI is InChI=1S/C14H14ClNO4/c1-14-6-9(11(12(17)16-14)13(18)19-2)8-5-7(15)3-4-10(8)20-14/h3-5,9,11H,6H2,1-2H3,(H,16,17)/t9-,11+,14+/m0/s1. The van der Waals surface area contributed by atoms with E-state index < -0.39 is 17.6 Å². The molecule has 1 aromatic carbocycles. The van der Waals surface area contributed by atoms with Crippen molar-refractivity contribution in [2.24, 2.45) is 5.92 Å². The van der Waals surface area contributed by atoms with Gasteiger partial charge in [-0.1, -0.05) is 11.6 Å². The summed E-state index contributed by atoms with van der Waals surface area (Å²) >= 11 is 6.01. The zero-order valence-electron chi connectivity index (χ0n) is 11.1. The maximum atomic E-state index is 12.2. The van der Waals surface area contributed by atoms with Crippen molar-refractivity contribution in [3.05, 3.63) is 28.8 Å². The third kappa shape index (κ3) is 1.93. The summed E-state index contributed by atoms with van der Waals surface area (Å²) in [4.78, 5) is 24.1. The van der Waals surface area contributed by atoms with Crippen molar-refractivity contribution in [1.29, 1.82) is 0 Å². The van der Waals surface area contributed by atoms with E-state index in [0.29, 0.717) is 17.2 Å². The van der Waals surface area contributed by atoms with Gasteiger partial charge in [0.2, 0.25) is 5.91 Å². The molecule has 1 saturated heterocycles. The summed E-state index contributed by atoms with van der Waals surface area (Å²) in [7, 11) is 1.28. The molecule has 1 N–H and O–H groups in total. The number of benzene rings is 1. The zero-order chi connectivity index (χ0) is 14.5. The highest BCUT2D eigenvalue weighted by Crippen LogP contribution is 2.47. The number of amides is 1. The number of hydrogen-bond donors (Lipinski definition) is 1. The van der Waals surface area contributed by atoms with Gasteiger partial charge in [0.25, 0.3) is 0 Å². The molecule has 1 amide bonds. The fraction of sp³-hybridized carbons (Fsp3) is 0.429. The Kier molecular flexibility index (Phi) is 2.90. The number of ether oxygens (including phenoxy) is 2. The minimum Gasteiger partial charge on any atom is -0.468 e. The number of carbonyl (C=O) groups excluding carboxylic acids is 2. The molecule has 1 aromatic rings. The summed E-state index contributed by atoms with van der Waals surface area (Å²) in [6.45, 7) is 1.79. The number of fused-ring (bicyclic) bond motifs is 4. The molecule has 2 heterocycles. The average molecular weight is 296 g/mol. The number of halogens is 1. The van der Waals surface area contributed by atoms with Gasteiger partial charge in [-0.15, -0.1) is 0 Å². The van der Waals surface area contributed by atoms with Crippen LogP contribution in [0.25, 0.3) is 0 Å². The number of esters is 1. The summed E-state index contributed by atoms with van der Waals surface area (Å²) in [6.07, 6.45) is 0.506. The van der Waals surface area contributed by atoms with Crippen molar-refractivity contribution < 1.29 is 19.1 Å². The van der Waals surface area contributed by atoms with Crippen LogP contribution < -0.4 is 10.1 Å². The number of methoxy groups -OCH3 is 1. The predicted molar refractivity (Wildman–Crippen MR) is 71.5 cm³/mol. The van der Waals surface area contributed by atoms with E-state index in [2.05, 4.69) is 5.32 Å². The largest absolute Gasteiger partial charge is 0.468 e. The molecule has 2 aliphatic heterocycles. The Morgan fingerprint density at radius 2 is 2.30 bits per heavy atom. The summed E-state index contributed by atoms with van der Waals surface area (Å²) in [5.41, 5.74) is -0.0205. The van der Waals surface area contributed by atoms with E-state index in [4.69, 9.17) is 21.1 Å². The average Bonchev–Trinajstić information content (AvgIpc) is 2.38. The summed E-state index contributed by atoms with van der Waals surface area (Å²) < 4.78 is 10.6. The molecule has 0 aliphatic carbocycles. The van der Waals surface area contributed by atoms with Crippen molar-refractivity contribution >= 4 is 23.5 Å². The van der Waals surface area contributed by atoms with Crippen molar-refractivity contribution in [2.45, 2.75) is 25.0 Å². The molecule has 5 nitrogen and oxygen atoms in total. The normalized spacial score (nSPS) is 30.9. The first kappa shape index (κ1) is 13.2. The van der Waals surface area contributed by atoms with Crippen LogP contribution in [0, 0.1) is 5.92 Å². The van der Waals surface area contributed by atoms with Crippen LogP contribution in [0.2, 0.25) is 5.02 Å². The Hall–Kier alpha value is -1.75. The lowest BCUT2D eigenvalue weighted by Gasteiger charge is -2.46. The molecule has 2 aliphatic rings. The summed E-state index contributed by atoms with van der Waals surface area (Å²) in [6, 6.07) is 5.23. The van der Waals surface area contributed by atoms with Gasteiger partial charge in [0.1, 0.15) is 11.7 Å². The second-order valence-electron chi connectivity index (χ2n) is 5.32. The van der Waals surface area contributed by atoms with E-state index in [1.165, 1.54) is 7.11 Å². The third-order valence-electron chi connectivity index (χ3n) is 3.84. The van der Waals surface area contributed by atoms with Crippen LogP contribution in [0.4, 0.5) is 0 Å². The van der Waals surface area contributed by atoms with Gasteiger partial charge in [0.15, 0.2) is 5.72 Å². The maximum Gasteiger partial charge on any atom is 0.318 e. The Balaban J connectivity index is 2.12. The van der Waals surface area contributed by atoms with Gasteiger partial charge in [-0.05, 0) is 25.1 Å². The van der Waals surface area contributed by atoms with Crippen molar-refractivity contribution in [3.63, 3.8) is 0 Å². The van der Waals surface area contributed by atoms with Crippen molar-refractivity contribution in [3.8, 4) is 5.75 Å².